The van der Waals surface area contributed by atoms with Crippen LogP contribution >= 0.6 is 23.2 Å². The summed E-state index contributed by atoms with van der Waals surface area (Å²) in [5.74, 6) is -0.690. The van der Waals surface area contributed by atoms with Crippen molar-refractivity contribution in [1.29, 1.82) is 0 Å². The van der Waals surface area contributed by atoms with Crippen molar-refractivity contribution in [3.63, 3.8) is 0 Å². The maximum atomic E-state index is 11.0. The topological polar surface area (TPSA) is 64.4 Å². The molecule has 2 aromatic rings. The Kier molecular flexibility index (Phi) is 4.75. The van der Waals surface area contributed by atoms with Gasteiger partial charge in [-0.1, -0.05) is 30.1 Å². The minimum Gasteiger partial charge on any atom is -0.487 e. The van der Waals surface area contributed by atoms with Crippen LogP contribution in [0.2, 0.25) is 10.0 Å². The van der Waals surface area contributed by atoms with Gasteiger partial charge in [0.05, 0.1) is 27.0 Å². The highest BCUT2D eigenvalue weighted by Gasteiger charge is 2.14. The Bertz CT molecular complexity index is 683. The van der Waals surface area contributed by atoms with Crippen LogP contribution in [0.1, 0.15) is 28.7 Å². The zero-order valence-electron chi connectivity index (χ0n) is 11.6. The highest BCUT2D eigenvalue weighted by molar-refractivity contribution is 6.33. The number of halogens is 2. The van der Waals surface area contributed by atoms with Crippen LogP contribution in [0.3, 0.4) is 0 Å². The first-order valence-electron chi connectivity index (χ1n) is 6.30. The second kappa shape index (κ2) is 6.37. The maximum absolute atomic E-state index is 11.0. The van der Waals surface area contributed by atoms with E-state index in [9.17, 15) is 4.79 Å². The van der Waals surface area contributed by atoms with Crippen LogP contribution in [-0.4, -0.2) is 20.9 Å². The molecule has 0 amide bonds. The van der Waals surface area contributed by atoms with E-state index in [1.807, 2.05) is 6.92 Å². The number of carboxylic acid groups (broad SMARTS) is 1. The van der Waals surface area contributed by atoms with E-state index in [-0.39, 0.29) is 17.2 Å². The van der Waals surface area contributed by atoms with E-state index in [0.717, 1.165) is 17.8 Å². The molecule has 0 radical (unpaired) electrons. The van der Waals surface area contributed by atoms with Gasteiger partial charge in [0.2, 0.25) is 0 Å². The van der Waals surface area contributed by atoms with Gasteiger partial charge >= 0.3 is 5.97 Å². The first-order valence-corrected chi connectivity index (χ1v) is 7.05. The molecule has 1 aromatic heterocycles. The van der Waals surface area contributed by atoms with Crippen LogP contribution < -0.4 is 4.74 Å². The van der Waals surface area contributed by atoms with Crippen LogP contribution in [0.5, 0.6) is 5.75 Å². The van der Waals surface area contributed by atoms with E-state index < -0.39 is 5.97 Å². The molecular formula is C14H14Cl2N2O3. The van der Waals surface area contributed by atoms with Gasteiger partial charge in [0.1, 0.15) is 12.4 Å². The van der Waals surface area contributed by atoms with E-state index in [1.165, 1.54) is 12.1 Å². The number of ether oxygens (including phenoxy) is 1. The van der Waals surface area contributed by atoms with Crippen molar-refractivity contribution in [3.05, 3.63) is 45.2 Å². The van der Waals surface area contributed by atoms with Crippen LogP contribution in [-0.2, 0) is 20.1 Å². The fraction of sp³-hybridized carbons (Fsp3) is 0.286. The second-order valence-corrected chi connectivity index (χ2v) is 5.21. The van der Waals surface area contributed by atoms with Crippen molar-refractivity contribution in [2.45, 2.75) is 20.0 Å². The third-order valence-electron chi connectivity index (χ3n) is 3.05. The molecule has 5 nitrogen and oxygen atoms in total. The first-order chi connectivity index (χ1) is 9.93. The number of benzene rings is 1. The van der Waals surface area contributed by atoms with Gasteiger partial charge in [0.25, 0.3) is 0 Å². The van der Waals surface area contributed by atoms with Gasteiger partial charge in [-0.2, -0.15) is 5.10 Å². The van der Waals surface area contributed by atoms with Gasteiger partial charge in [-0.05, 0) is 24.6 Å². The molecule has 0 bridgehead atoms. The number of aryl methyl sites for hydroxylation is 2. The minimum absolute atomic E-state index is 0.000447. The second-order valence-electron chi connectivity index (χ2n) is 4.42. The van der Waals surface area contributed by atoms with Crippen LogP contribution in [0.4, 0.5) is 0 Å². The third kappa shape index (κ3) is 3.31. The van der Waals surface area contributed by atoms with Gasteiger partial charge in [-0.15, -0.1) is 0 Å². The average molecular weight is 329 g/mol. The Morgan fingerprint density at radius 1 is 1.43 bits per heavy atom. The fourth-order valence-corrected chi connectivity index (χ4v) is 2.43. The van der Waals surface area contributed by atoms with Crippen molar-refractivity contribution in [3.8, 4) is 5.75 Å². The molecule has 0 spiro atoms. The van der Waals surface area contributed by atoms with Gasteiger partial charge < -0.3 is 9.84 Å². The summed E-state index contributed by atoms with van der Waals surface area (Å²) in [5, 5.41) is 14.1. The highest BCUT2D eigenvalue weighted by atomic mass is 35.5. The Morgan fingerprint density at radius 3 is 2.71 bits per heavy atom. The zero-order chi connectivity index (χ0) is 15.6. The molecule has 112 valence electrons. The number of aromatic carboxylic acids is 1. The summed E-state index contributed by atoms with van der Waals surface area (Å²) >= 11 is 12.0. The largest absolute Gasteiger partial charge is 0.487 e. The number of carbonyl (C=O) groups is 1. The molecule has 0 unspecified atom stereocenters. The quantitative estimate of drug-likeness (QED) is 0.911. The van der Waals surface area contributed by atoms with Gasteiger partial charge in [0, 0.05) is 7.05 Å². The standard InChI is InChI=1S/C14H14Cl2N2O3/c1-3-11-13(16)12(18(2)17-11)7-21-8-4-5-10(15)9(6-8)14(19)20/h4-6H,3,7H2,1-2H3,(H,19,20). The lowest BCUT2D eigenvalue weighted by Crippen LogP contribution is -2.04. The molecule has 2 rings (SSSR count). The molecule has 0 saturated carbocycles. The summed E-state index contributed by atoms with van der Waals surface area (Å²) in [5.41, 5.74) is 1.54. The number of carboxylic acids is 1. The number of hydrogen-bond donors (Lipinski definition) is 1. The van der Waals surface area contributed by atoms with Crippen LogP contribution in [0.25, 0.3) is 0 Å². The van der Waals surface area contributed by atoms with Gasteiger partial charge in [-0.3, -0.25) is 4.68 Å². The lowest BCUT2D eigenvalue weighted by Gasteiger charge is -2.08. The van der Waals surface area contributed by atoms with E-state index in [0.29, 0.717) is 10.8 Å². The van der Waals surface area contributed by atoms with Gasteiger partial charge in [0.15, 0.2) is 0 Å². The predicted molar refractivity (Wildman–Crippen MR) is 80.3 cm³/mol. The van der Waals surface area contributed by atoms with Crippen molar-refractivity contribution in [2.75, 3.05) is 0 Å². The Balaban J connectivity index is 2.19. The minimum atomic E-state index is -1.10. The molecule has 0 saturated heterocycles. The SMILES string of the molecule is CCc1nn(C)c(COc2ccc(Cl)c(C(=O)O)c2)c1Cl. The van der Waals surface area contributed by atoms with E-state index in [4.69, 9.17) is 33.0 Å². The predicted octanol–water partition coefficient (Wildman–Crippen LogP) is 3.57. The number of rotatable bonds is 5. The Hall–Kier alpha value is -1.72. The smallest absolute Gasteiger partial charge is 0.337 e. The molecule has 0 aliphatic heterocycles. The van der Waals surface area contributed by atoms with E-state index >= 15 is 0 Å². The number of hydrogen-bond acceptors (Lipinski definition) is 3. The molecule has 1 N–H and O–H groups in total. The van der Waals surface area contributed by atoms with Crippen molar-refractivity contribution < 1.29 is 14.6 Å². The summed E-state index contributed by atoms with van der Waals surface area (Å²) in [6.45, 7) is 2.17. The molecule has 0 fully saturated rings. The van der Waals surface area contributed by atoms with Crippen LogP contribution in [0, 0.1) is 0 Å². The normalized spacial score (nSPS) is 10.7. The number of aromatic nitrogens is 2. The summed E-state index contributed by atoms with van der Waals surface area (Å²) < 4.78 is 7.25. The average Bonchev–Trinajstić information content (AvgIpc) is 2.72. The molecule has 0 aliphatic carbocycles. The van der Waals surface area contributed by atoms with Crippen molar-refractivity contribution >= 4 is 29.2 Å². The third-order valence-corrected chi connectivity index (χ3v) is 3.81. The summed E-state index contributed by atoms with van der Waals surface area (Å²) in [6, 6.07) is 4.48. The van der Waals surface area contributed by atoms with Crippen LogP contribution in [0.15, 0.2) is 18.2 Å². The molecule has 0 atom stereocenters. The summed E-state index contributed by atoms with van der Waals surface area (Å²) in [4.78, 5) is 11.0. The van der Waals surface area contributed by atoms with E-state index in [2.05, 4.69) is 5.10 Å². The summed E-state index contributed by atoms with van der Waals surface area (Å²) in [6.07, 6.45) is 0.733. The number of nitrogens with zero attached hydrogens (tertiary/aromatic N) is 2. The molecule has 7 heteroatoms. The molecule has 1 aromatic carbocycles. The molecule has 1 heterocycles. The molecular weight excluding hydrogens is 315 g/mol. The molecule has 0 aliphatic rings. The lowest BCUT2D eigenvalue weighted by atomic mass is 10.2. The Labute approximate surface area is 132 Å². The lowest BCUT2D eigenvalue weighted by molar-refractivity contribution is 0.0696. The highest BCUT2D eigenvalue weighted by Crippen LogP contribution is 2.25. The van der Waals surface area contributed by atoms with Crippen molar-refractivity contribution in [2.24, 2.45) is 7.05 Å². The van der Waals surface area contributed by atoms with Gasteiger partial charge in [-0.25, -0.2) is 4.79 Å². The Morgan fingerprint density at radius 2 is 2.14 bits per heavy atom. The molecule has 21 heavy (non-hydrogen) atoms. The maximum Gasteiger partial charge on any atom is 0.337 e. The van der Waals surface area contributed by atoms with Crippen molar-refractivity contribution in [1.82, 2.24) is 9.78 Å². The van der Waals surface area contributed by atoms with E-state index in [1.54, 1.807) is 17.8 Å². The zero-order valence-corrected chi connectivity index (χ0v) is 13.1. The summed E-state index contributed by atoms with van der Waals surface area (Å²) in [7, 11) is 1.79. The monoisotopic (exact) mass is 328 g/mol. The first kappa shape index (κ1) is 15.7. The fourth-order valence-electron chi connectivity index (χ4n) is 1.89.